The molecule has 3 rings (SSSR count). The predicted octanol–water partition coefficient (Wildman–Crippen LogP) is 3.59. The van der Waals surface area contributed by atoms with E-state index in [1.54, 1.807) is 19.1 Å². The number of hydrogen-bond donors (Lipinski definition) is 3. The minimum atomic E-state index is -1.23. The number of carboxylic acids is 1. The maximum Gasteiger partial charge on any atom is 0.339 e. The van der Waals surface area contributed by atoms with Gasteiger partial charge in [0.2, 0.25) is 0 Å². The molecule has 0 saturated heterocycles. The molecule has 0 unspecified atom stereocenters. The highest BCUT2D eigenvalue weighted by atomic mass is 35.5. The Kier molecular flexibility index (Phi) is 4.87. The fraction of sp³-hybridized carbons (Fsp3) is 0.105. The monoisotopic (exact) mass is 385 g/mol. The number of rotatable bonds is 4. The number of aromatic hydroxyl groups is 1. The highest BCUT2D eigenvalue weighted by molar-refractivity contribution is 6.31. The van der Waals surface area contributed by atoms with Gasteiger partial charge in [-0.2, -0.15) is 0 Å². The fourth-order valence-corrected chi connectivity index (χ4v) is 2.71. The number of phenols is 1. The zero-order valence-corrected chi connectivity index (χ0v) is 15.3. The summed E-state index contributed by atoms with van der Waals surface area (Å²) in [6.07, 6.45) is 1.37. The Morgan fingerprint density at radius 1 is 1.22 bits per heavy atom. The van der Waals surface area contributed by atoms with Crippen molar-refractivity contribution >= 4 is 29.5 Å². The molecular formula is C19H16ClN3O4. The number of aromatic amines is 1. The van der Waals surface area contributed by atoms with Crippen LogP contribution in [-0.4, -0.2) is 32.2 Å². The molecule has 0 spiro atoms. The Hall–Kier alpha value is -3.32. The molecule has 0 radical (unpaired) electrons. The zero-order valence-electron chi connectivity index (χ0n) is 14.5. The number of H-pyrrole nitrogens is 1. The molecule has 1 heterocycles. The number of carbonyl (C=O) groups is 1. The van der Waals surface area contributed by atoms with Crippen molar-refractivity contribution in [1.82, 2.24) is 9.78 Å². The van der Waals surface area contributed by atoms with Crippen molar-refractivity contribution in [3.8, 4) is 11.4 Å². The molecule has 0 atom stereocenters. The summed E-state index contributed by atoms with van der Waals surface area (Å²) < 4.78 is 1.37. The van der Waals surface area contributed by atoms with Gasteiger partial charge in [-0.3, -0.25) is 14.9 Å². The van der Waals surface area contributed by atoms with E-state index in [0.29, 0.717) is 27.7 Å². The summed E-state index contributed by atoms with van der Waals surface area (Å²) >= 11 is 6.13. The Labute approximate surface area is 159 Å². The summed E-state index contributed by atoms with van der Waals surface area (Å²) in [5, 5.41) is 22.2. The van der Waals surface area contributed by atoms with Crippen LogP contribution >= 0.6 is 11.6 Å². The number of halogens is 1. The number of aromatic carboxylic acids is 1. The van der Waals surface area contributed by atoms with Gasteiger partial charge in [-0.15, -0.1) is 0 Å². The third kappa shape index (κ3) is 3.63. The molecule has 0 amide bonds. The lowest BCUT2D eigenvalue weighted by Gasteiger charge is -2.04. The van der Waals surface area contributed by atoms with Crippen LogP contribution in [0, 0.1) is 13.8 Å². The lowest BCUT2D eigenvalue weighted by atomic mass is 10.2. The van der Waals surface area contributed by atoms with Crippen molar-refractivity contribution in [3.05, 3.63) is 74.2 Å². The lowest BCUT2D eigenvalue weighted by molar-refractivity contribution is 0.0694. The van der Waals surface area contributed by atoms with Crippen molar-refractivity contribution in [2.45, 2.75) is 13.8 Å². The molecule has 1 aromatic heterocycles. The standard InChI is InChI=1S/C19H16ClN3O4/c1-10-3-5-13(8-16(10)20)23-18(25)15(11(2)22-23)9-21-12-4-6-14(19(26)27)17(24)7-12/h3-9,22,24H,1-2H3,(H,26,27). The SMILES string of the molecule is Cc1ccc(-n2[nH]c(C)c(C=Nc3ccc(C(=O)O)c(O)c3)c2=O)cc1Cl. The van der Waals surface area contributed by atoms with Gasteiger partial charge in [0.1, 0.15) is 11.3 Å². The van der Waals surface area contributed by atoms with E-state index in [0.717, 1.165) is 5.56 Å². The molecule has 0 fully saturated rings. The minimum absolute atomic E-state index is 0.217. The van der Waals surface area contributed by atoms with Crippen LogP contribution in [0.25, 0.3) is 5.69 Å². The summed E-state index contributed by atoms with van der Waals surface area (Å²) in [7, 11) is 0. The van der Waals surface area contributed by atoms with Crippen molar-refractivity contribution in [3.63, 3.8) is 0 Å². The third-order valence-electron chi connectivity index (χ3n) is 4.09. The van der Waals surface area contributed by atoms with Crippen molar-refractivity contribution in [1.29, 1.82) is 0 Å². The Morgan fingerprint density at radius 2 is 1.96 bits per heavy atom. The van der Waals surface area contributed by atoms with E-state index in [4.69, 9.17) is 16.7 Å². The van der Waals surface area contributed by atoms with Gasteiger partial charge in [-0.25, -0.2) is 9.48 Å². The van der Waals surface area contributed by atoms with Crippen molar-refractivity contribution in [2.24, 2.45) is 4.99 Å². The van der Waals surface area contributed by atoms with Gasteiger partial charge < -0.3 is 10.2 Å². The van der Waals surface area contributed by atoms with E-state index >= 15 is 0 Å². The Morgan fingerprint density at radius 3 is 2.59 bits per heavy atom. The number of benzene rings is 2. The van der Waals surface area contributed by atoms with Crippen LogP contribution in [0.5, 0.6) is 5.75 Å². The second-order valence-electron chi connectivity index (χ2n) is 5.99. The predicted molar refractivity (Wildman–Crippen MR) is 103 cm³/mol. The second kappa shape index (κ2) is 7.13. The number of nitrogens with one attached hydrogen (secondary N) is 1. The van der Waals surface area contributed by atoms with E-state index in [2.05, 4.69) is 10.1 Å². The first-order valence-corrected chi connectivity index (χ1v) is 8.34. The van der Waals surface area contributed by atoms with Gasteiger partial charge in [0.15, 0.2) is 0 Å². The Bertz CT molecular complexity index is 1130. The van der Waals surface area contributed by atoms with Gasteiger partial charge in [0.05, 0.1) is 16.9 Å². The second-order valence-corrected chi connectivity index (χ2v) is 6.40. The van der Waals surface area contributed by atoms with Gasteiger partial charge in [0, 0.05) is 23.0 Å². The average molecular weight is 386 g/mol. The molecular weight excluding hydrogens is 370 g/mol. The number of carboxylic acid groups (broad SMARTS) is 1. The number of aryl methyl sites for hydroxylation is 2. The molecule has 138 valence electrons. The highest BCUT2D eigenvalue weighted by Crippen LogP contribution is 2.24. The van der Waals surface area contributed by atoms with Crippen LogP contribution in [0.1, 0.15) is 27.2 Å². The lowest BCUT2D eigenvalue weighted by Crippen LogP contribution is -2.17. The molecule has 3 N–H and O–H groups in total. The molecule has 2 aromatic carbocycles. The molecule has 0 aliphatic rings. The van der Waals surface area contributed by atoms with E-state index in [9.17, 15) is 14.7 Å². The normalized spacial score (nSPS) is 11.2. The van der Waals surface area contributed by atoms with Gasteiger partial charge >= 0.3 is 5.97 Å². The number of hydrogen-bond acceptors (Lipinski definition) is 4. The minimum Gasteiger partial charge on any atom is -0.507 e. The van der Waals surface area contributed by atoms with Crippen LogP contribution in [-0.2, 0) is 0 Å². The maximum absolute atomic E-state index is 12.7. The first-order valence-electron chi connectivity index (χ1n) is 7.96. The quantitative estimate of drug-likeness (QED) is 0.596. The zero-order chi connectivity index (χ0) is 19.7. The number of aliphatic imine (C=N–C) groups is 1. The van der Waals surface area contributed by atoms with E-state index in [1.165, 1.54) is 29.1 Å². The summed E-state index contributed by atoms with van der Waals surface area (Å²) in [5.74, 6) is -1.63. The van der Waals surface area contributed by atoms with Crippen molar-refractivity contribution in [2.75, 3.05) is 0 Å². The largest absolute Gasteiger partial charge is 0.507 e. The molecule has 8 heteroatoms. The van der Waals surface area contributed by atoms with Crippen LogP contribution in [0.4, 0.5) is 5.69 Å². The average Bonchev–Trinajstić information content (AvgIpc) is 2.89. The third-order valence-corrected chi connectivity index (χ3v) is 4.49. The van der Waals surface area contributed by atoms with Crippen LogP contribution in [0.3, 0.4) is 0 Å². The smallest absolute Gasteiger partial charge is 0.339 e. The summed E-state index contributed by atoms with van der Waals surface area (Å²) in [6, 6.07) is 9.21. The van der Waals surface area contributed by atoms with Crippen molar-refractivity contribution < 1.29 is 15.0 Å². The molecule has 0 aliphatic carbocycles. The number of nitrogens with zero attached hydrogens (tertiary/aromatic N) is 2. The molecule has 27 heavy (non-hydrogen) atoms. The first kappa shape index (κ1) is 18.5. The molecule has 3 aromatic rings. The first-order chi connectivity index (χ1) is 12.8. The molecule has 0 bridgehead atoms. The topological polar surface area (TPSA) is 108 Å². The number of aromatic nitrogens is 2. The van der Waals surface area contributed by atoms with Crippen LogP contribution in [0.15, 0.2) is 46.2 Å². The van der Waals surface area contributed by atoms with E-state index < -0.39 is 11.7 Å². The molecule has 7 nitrogen and oxygen atoms in total. The van der Waals surface area contributed by atoms with Gasteiger partial charge in [-0.05, 0) is 43.7 Å². The van der Waals surface area contributed by atoms with Gasteiger partial charge in [0.25, 0.3) is 5.56 Å². The Balaban J connectivity index is 1.96. The van der Waals surface area contributed by atoms with Gasteiger partial charge in [-0.1, -0.05) is 17.7 Å². The van der Waals surface area contributed by atoms with E-state index in [1.807, 2.05) is 13.0 Å². The summed E-state index contributed by atoms with van der Waals surface area (Å²) in [5.41, 5.74) is 2.25. The summed E-state index contributed by atoms with van der Waals surface area (Å²) in [4.78, 5) is 27.8. The van der Waals surface area contributed by atoms with Crippen LogP contribution < -0.4 is 5.56 Å². The van der Waals surface area contributed by atoms with Crippen LogP contribution in [0.2, 0.25) is 5.02 Å². The highest BCUT2D eigenvalue weighted by Gasteiger charge is 2.12. The maximum atomic E-state index is 12.7. The molecule has 0 saturated carbocycles. The summed E-state index contributed by atoms with van der Waals surface area (Å²) in [6.45, 7) is 3.61. The fourth-order valence-electron chi connectivity index (χ4n) is 2.53. The van der Waals surface area contributed by atoms with E-state index in [-0.39, 0.29) is 11.1 Å². The molecule has 0 aliphatic heterocycles.